The molecule has 1 aliphatic heterocycles. The maximum Gasteiger partial charge on any atom is 0.254 e. The number of hydrogen-bond acceptors (Lipinski definition) is 1. The molecule has 0 bridgehead atoms. The molecule has 0 radical (unpaired) electrons. The van der Waals surface area contributed by atoms with Gasteiger partial charge in [-0.1, -0.05) is 6.58 Å². The highest BCUT2D eigenvalue weighted by Gasteiger charge is 2.30. The van der Waals surface area contributed by atoms with E-state index in [2.05, 4.69) is 6.58 Å². The molecule has 2 rings (SSSR count). The Bertz CT molecular complexity index is 252. The summed E-state index contributed by atoms with van der Waals surface area (Å²) in [5.41, 5.74) is 2.40. The summed E-state index contributed by atoms with van der Waals surface area (Å²) in [6.07, 6.45) is 4.89. The molecule has 0 unspecified atom stereocenters. The van der Waals surface area contributed by atoms with E-state index in [0.717, 1.165) is 25.0 Å². The molecule has 2 nitrogen and oxygen atoms in total. The Labute approximate surface area is 66.2 Å². The predicted molar refractivity (Wildman–Crippen MR) is 42.8 cm³/mol. The molecule has 0 atom stereocenters. The summed E-state index contributed by atoms with van der Waals surface area (Å²) < 4.78 is 0. The number of carbonyl (C=O) groups is 1. The molecule has 0 aromatic carbocycles. The molecule has 1 aliphatic carbocycles. The first kappa shape index (κ1) is 6.65. The summed E-state index contributed by atoms with van der Waals surface area (Å²) in [6, 6.07) is 0. The van der Waals surface area contributed by atoms with E-state index in [-0.39, 0.29) is 5.91 Å². The van der Waals surface area contributed by atoms with Gasteiger partial charge in [0.2, 0.25) is 0 Å². The van der Waals surface area contributed by atoms with Crippen LogP contribution < -0.4 is 0 Å². The quantitative estimate of drug-likeness (QED) is 0.552. The van der Waals surface area contributed by atoms with Crippen LogP contribution in [0.3, 0.4) is 0 Å². The fraction of sp³-hybridized carbons (Fsp3) is 0.444. The minimum Gasteiger partial charge on any atom is -0.312 e. The molecule has 58 valence electrons. The minimum atomic E-state index is 0.188. The van der Waals surface area contributed by atoms with Gasteiger partial charge >= 0.3 is 0 Å². The van der Waals surface area contributed by atoms with Crippen molar-refractivity contribution in [3.63, 3.8) is 0 Å². The lowest BCUT2D eigenvalue weighted by molar-refractivity contribution is -0.123. The SMILES string of the molecule is C=CN1CC2=C(CCC2)C1=O. The van der Waals surface area contributed by atoms with Crippen molar-refractivity contribution in [3.8, 4) is 0 Å². The number of nitrogens with zero attached hydrogens (tertiary/aromatic N) is 1. The third kappa shape index (κ3) is 0.821. The van der Waals surface area contributed by atoms with Crippen molar-refractivity contribution in [2.45, 2.75) is 19.3 Å². The Kier molecular flexibility index (Phi) is 1.34. The van der Waals surface area contributed by atoms with E-state index >= 15 is 0 Å². The number of amides is 1. The van der Waals surface area contributed by atoms with Crippen LogP contribution in [0.25, 0.3) is 0 Å². The van der Waals surface area contributed by atoms with Crippen molar-refractivity contribution in [3.05, 3.63) is 23.9 Å². The average Bonchev–Trinajstić information content (AvgIpc) is 2.53. The molecule has 2 aliphatic rings. The number of rotatable bonds is 1. The lowest BCUT2D eigenvalue weighted by Gasteiger charge is -2.10. The summed E-state index contributed by atoms with van der Waals surface area (Å²) >= 11 is 0. The smallest absolute Gasteiger partial charge is 0.254 e. The molecule has 1 amide bonds. The lowest BCUT2D eigenvalue weighted by Crippen LogP contribution is -2.21. The highest BCUT2D eigenvalue weighted by atomic mass is 16.2. The van der Waals surface area contributed by atoms with E-state index in [4.69, 9.17) is 0 Å². The fourth-order valence-electron chi connectivity index (χ4n) is 1.84. The maximum atomic E-state index is 11.4. The van der Waals surface area contributed by atoms with E-state index in [0.29, 0.717) is 0 Å². The van der Waals surface area contributed by atoms with Gasteiger partial charge < -0.3 is 4.90 Å². The van der Waals surface area contributed by atoms with E-state index in [1.165, 1.54) is 12.0 Å². The van der Waals surface area contributed by atoms with Crippen LogP contribution in [0.5, 0.6) is 0 Å². The summed E-state index contributed by atoms with van der Waals surface area (Å²) in [4.78, 5) is 13.1. The Hall–Kier alpha value is -1.05. The second kappa shape index (κ2) is 2.22. The zero-order valence-electron chi connectivity index (χ0n) is 6.47. The van der Waals surface area contributed by atoms with Gasteiger partial charge in [0, 0.05) is 18.3 Å². The van der Waals surface area contributed by atoms with E-state index in [9.17, 15) is 4.79 Å². The second-order valence-corrected chi connectivity index (χ2v) is 3.05. The standard InChI is InChI=1S/C9H11NO/c1-2-10-6-7-4-3-5-8(7)9(10)11/h2H,1,3-6H2. The fourth-order valence-corrected chi connectivity index (χ4v) is 1.84. The summed E-state index contributed by atoms with van der Waals surface area (Å²) in [7, 11) is 0. The zero-order valence-corrected chi connectivity index (χ0v) is 6.47. The number of hydrogen-bond donors (Lipinski definition) is 0. The van der Waals surface area contributed by atoms with Crippen molar-refractivity contribution in [2.24, 2.45) is 0 Å². The molecule has 0 aromatic rings. The van der Waals surface area contributed by atoms with Gasteiger partial charge in [-0.25, -0.2) is 0 Å². The van der Waals surface area contributed by atoms with Gasteiger partial charge in [-0.05, 0) is 24.8 Å². The Morgan fingerprint density at radius 1 is 1.45 bits per heavy atom. The van der Waals surface area contributed by atoms with Crippen LogP contribution in [0.2, 0.25) is 0 Å². The van der Waals surface area contributed by atoms with Crippen LogP contribution in [0.4, 0.5) is 0 Å². The van der Waals surface area contributed by atoms with Crippen LogP contribution in [0.15, 0.2) is 23.9 Å². The highest BCUT2D eigenvalue weighted by molar-refractivity contribution is 5.98. The molecule has 0 aromatic heterocycles. The van der Waals surface area contributed by atoms with Crippen LogP contribution in [-0.4, -0.2) is 17.4 Å². The summed E-state index contributed by atoms with van der Waals surface area (Å²) in [5.74, 6) is 0.188. The van der Waals surface area contributed by atoms with Crippen LogP contribution in [-0.2, 0) is 4.79 Å². The zero-order chi connectivity index (χ0) is 7.84. The summed E-state index contributed by atoms with van der Waals surface area (Å²) in [5, 5.41) is 0. The number of likely N-dealkylation sites (tertiary alicyclic amines) is 1. The first-order valence-corrected chi connectivity index (χ1v) is 3.97. The van der Waals surface area contributed by atoms with Gasteiger partial charge in [0.25, 0.3) is 5.91 Å². The molecule has 0 spiro atoms. The molecule has 1 heterocycles. The second-order valence-electron chi connectivity index (χ2n) is 3.05. The molecule has 2 heteroatoms. The van der Waals surface area contributed by atoms with Gasteiger partial charge in [0.15, 0.2) is 0 Å². The normalized spacial score (nSPS) is 22.9. The van der Waals surface area contributed by atoms with Crippen molar-refractivity contribution < 1.29 is 4.79 Å². The van der Waals surface area contributed by atoms with Gasteiger partial charge in [-0.3, -0.25) is 4.79 Å². The van der Waals surface area contributed by atoms with Gasteiger partial charge in [-0.15, -0.1) is 0 Å². The van der Waals surface area contributed by atoms with Gasteiger partial charge in [0.1, 0.15) is 0 Å². The van der Waals surface area contributed by atoms with Gasteiger partial charge in [-0.2, -0.15) is 0 Å². The Balaban J connectivity index is 2.26. The first-order valence-electron chi connectivity index (χ1n) is 3.97. The van der Waals surface area contributed by atoms with E-state index in [1.54, 1.807) is 11.1 Å². The predicted octanol–water partition coefficient (Wildman–Crippen LogP) is 1.45. The maximum absolute atomic E-state index is 11.4. The van der Waals surface area contributed by atoms with Crippen molar-refractivity contribution in [1.82, 2.24) is 4.90 Å². The number of carbonyl (C=O) groups excluding carboxylic acids is 1. The minimum absolute atomic E-state index is 0.188. The van der Waals surface area contributed by atoms with E-state index in [1.807, 2.05) is 0 Å². The van der Waals surface area contributed by atoms with E-state index < -0.39 is 0 Å². The van der Waals surface area contributed by atoms with Crippen molar-refractivity contribution in [1.29, 1.82) is 0 Å². The molecule has 0 fully saturated rings. The third-order valence-electron chi connectivity index (χ3n) is 2.43. The Morgan fingerprint density at radius 3 is 2.91 bits per heavy atom. The average molecular weight is 149 g/mol. The molecular formula is C9H11NO. The molecule has 11 heavy (non-hydrogen) atoms. The topological polar surface area (TPSA) is 20.3 Å². The third-order valence-corrected chi connectivity index (χ3v) is 2.43. The van der Waals surface area contributed by atoms with Crippen molar-refractivity contribution >= 4 is 5.91 Å². The molecule has 0 saturated carbocycles. The van der Waals surface area contributed by atoms with Gasteiger partial charge in [0.05, 0.1) is 0 Å². The van der Waals surface area contributed by atoms with Crippen LogP contribution in [0, 0.1) is 0 Å². The van der Waals surface area contributed by atoms with Crippen LogP contribution >= 0.6 is 0 Å². The Morgan fingerprint density at radius 2 is 2.27 bits per heavy atom. The summed E-state index contributed by atoms with van der Waals surface area (Å²) in [6.45, 7) is 4.40. The monoisotopic (exact) mass is 149 g/mol. The molecule has 0 saturated heterocycles. The largest absolute Gasteiger partial charge is 0.312 e. The molecular weight excluding hydrogens is 138 g/mol. The first-order chi connectivity index (χ1) is 5.33. The highest BCUT2D eigenvalue weighted by Crippen LogP contribution is 2.32. The van der Waals surface area contributed by atoms with Crippen LogP contribution in [0.1, 0.15) is 19.3 Å². The van der Waals surface area contributed by atoms with Crippen molar-refractivity contribution in [2.75, 3.05) is 6.54 Å². The molecule has 0 N–H and O–H groups in total. The lowest BCUT2D eigenvalue weighted by atomic mass is 10.2.